The molecule has 0 bridgehead atoms. The number of hydrogen-bond acceptors (Lipinski definition) is 7. The van der Waals surface area contributed by atoms with Crippen molar-refractivity contribution in [2.24, 2.45) is 10.7 Å². The van der Waals surface area contributed by atoms with Crippen molar-refractivity contribution >= 4 is 29.5 Å². The molecule has 0 atom stereocenters. The summed E-state index contributed by atoms with van der Waals surface area (Å²) in [6.07, 6.45) is 9.88. The number of aliphatic imine (C=N–C) groups is 1. The second-order valence-corrected chi connectivity index (χ2v) is 6.94. The van der Waals surface area contributed by atoms with Crippen LogP contribution in [0.3, 0.4) is 0 Å². The maximum Gasteiger partial charge on any atom is 0.271 e. The van der Waals surface area contributed by atoms with Crippen LogP contribution in [0.4, 0.5) is 5.82 Å². The average Bonchev–Trinajstić information content (AvgIpc) is 2.65. The molecule has 3 N–H and O–H groups in total. The summed E-state index contributed by atoms with van der Waals surface area (Å²) in [6.45, 7) is 5.72. The Bertz CT molecular complexity index is 867. The number of nitrogens with zero attached hydrogens (tertiary/aromatic N) is 5. The molecule has 0 aliphatic carbocycles. The van der Waals surface area contributed by atoms with Gasteiger partial charge >= 0.3 is 0 Å². The van der Waals surface area contributed by atoms with Crippen LogP contribution in [0.15, 0.2) is 40.8 Å². The van der Waals surface area contributed by atoms with Crippen molar-refractivity contribution in [3.8, 4) is 0 Å². The molecule has 1 amide bonds. The summed E-state index contributed by atoms with van der Waals surface area (Å²) in [5.41, 5.74) is 6.70. The zero-order valence-electron chi connectivity index (χ0n) is 16.0. The number of primary amides is 1. The number of nitrogens with one attached hydrogen (secondary N) is 1. The van der Waals surface area contributed by atoms with Gasteiger partial charge in [-0.3, -0.25) is 4.79 Å². The highest BCUT2D eigenvalue weighted by Gasteiger charge is 2.18. The molecule has 2 aliphatic rings. The second kappa shape index (κ2) is 8.99. The van der Waals surface area contributed by atoms with Crippen molar-refractivity contribution in [3.05, 3.63) is 52.4 Å². The highest BCUT2D eigenvalue weighted by atomic mass is 35.5. The number of hydrogen-bond donors (Lipinski definition) is 2. The van der Waals surface area contributed by atoms with E-state index in [1.54, 1.807) is 6.21 Å². The molecule has 148 valence electrons. The van der Waals surface area contributed by atoms with Crippen molar-refractivity contribution in [1.29, 1.82) is 0 Å². The monoisotopic (exact) mass is 401 g/mol. The van der Waals surface area contributed by atoms with E-state index in [4.69, 9.17) is 17.3 Å². The van der Waals surface area contributed by atoms with Crippen LogP contribution in [-0.2, 0) is 6.42 Å². The Hall–Kier alpha value is -2.71. The summed E-state index contributed by atoms with van der Waals surface area (Å²) in [5.74, 6) is 0.433. The molecule has 3 rings (SSSR count). The number of halogens is 1. The molecule has 2 aliphatic heterocycles. The fraction of sp³-hybridized carbons (Fsp3) is 0.368. The second-order valence-electron chi connectivity index (χ2n) is 6.58. The molecule has 28 heavy (non-hydrogen) atoms. The minimum atomic E-state index is -0.668. The van der Waals surface area contributed by atoms with Crippen LogP contribution in [0, 0.1) is 0 Å². The molecule has 3 heterocycles. The van der Waals surface area contributed by atoms with E-state index in [1.165, 1.54) is 0 Å². The third kappa shape index (κ3) is 4.76. The maximum atomic E-state index is 11.8. The van der Waals surface area contributed by atoms with Gasteiger partial charge in [0.1, 0.15) is 5.82 Å². The van der Waals surface area contributed by atoms with E-state index >= 15 is 0 Å². The van der Waals surface area contributed by atoms with E-state index in [-0.39, 0.29) is 16.7 Å². The van der Waals surface area contributed by atoms with E-state index in [0.717, 1.165) is 32.0 Å². The number of aryl methyl sites for hydroxylation is 1. The zero-order chi connectivity index (χ0) is 20.1. The number of piperazine rings is 1. The predicted molar refractivity (Wildman–Crippen MR) is 111 cm³/mol. The smallest absolute Gasteiger partial charge is 0.271 e. The Kier molecular flexibility index (Phi) is 6.43. The summed E-state index contributed by atoms with van der Waals surface area (Å²) in [5, 5.41) is 3.31. The van der Waals surface area contributed by atoms with Gasteiger partial charge in [0.2, 0.25) is 0 Å². The van der Waals surface area contributed by atoms with Gasteiger partial charge in [-0.15, -0.1) is 0 Å². The summed E-state index contributed by atoms with van der Waals surface area (Å²) in [6, 6.07) is 0. The summed E-state index contributed by atoms with van der Waals surface area (Å²) in [7, 11) is 2.12. The van der Waals surface area contributed by atoms with E-state index in [0.29, 0.717) is 17.8 Å². The van der Waals surface area contributed by atoms with Crippen LogP contribution in [0.5, 0.6) is 0 Å². The number of rotatable bonds is 5. The molecule has 1 aromatic rings. The van der Waals surface area contributed by atoms with Crippen LogP contribution in [0.25, 0.3) is 0 Å². The third-order valence-electron chi connectivity index (χ3n) is 4.55. The van der Waals surface area contributed by atoms with Crippen LogP contribution in [-0.4, -0.2) is 65.1 Å². The van der Waals surface area contributed by atoms with Crippen molar-refractivity contribution in [2.45, 2.75) is 13.3 Å². The van der Waals surface area contributed by atoms with Crippen molar-refractivity contribution < 1.29 is 4.79 Å². The summed E-state index contributed by atoms with van der Waals surface area (Å²) >= 11 is 6.17. The molecule has 0 aromatic carbocycles. The fourth-order valence-corrected chi connectivity index (χ4v) is 3.15. The standard InChI is InChI=1S/C19H24ClN7O/c1-3-14-17(20)25-19(16(24-14)18(21)28)23-13-6-4-5-7-15(22-12-13)27-10-8-26(2)9-11-27/h4-7,12H,3,8-11H2,1-2H3,(H2,21,28)(H,23,25)/b5-4+,6-4?,7-5?,13-6+,13-12?,15-7-,22-12-,22-15?. The molecule has 0 unspecified atom stereocenters. The predicted octanol–water partition coefficient (Wildman–Crippen LogP) is 1.82. The number of anilines is 1. The molecule has 1 aromatic heterocycles. The van der Waals surface area contributed by atoms with Crippen molar-refractivity contribution in [1.82, 2.24) is 19.8 Å². The van der Waals surface area contributed by atoms with Crippen LogP contribution < -0.4 is 11.1 Å². The van der Waals surface area contributed by atoms with Gasteiger partial charge in [-0.05, 0) is 25.6 Å². The zero-order valence-corrected chi connectivity index (χ0v) is 16.8. The van der Waals surface area contributed by atoms with Crippen LogP contribution in [0.1, 0.15) is 23.1 Å². The normalized spacial score (nSPS) is 23.6. The fourth-order valence-electron chi connectivity index (χ4n) is 2.89. The van der Waals surface area contributed by atoms with Crippen molar-refractivity contribution in [2.75, 3.05) is 38.5 Å². The number of allylic oxidation sites excluding steroid dienone is 5. The molecular weight excluding hydrogens is 378 g/mol. The van der Waals surface area contributed by atoms with E-state index in [9.17, 15) is 4.79 Å². The number of carbonyl (C=O) groups excluding carboxylic acids is 1. The Morgan fingerprint density at radius 2 is 1.93 bits per heavy atom. The van der Waals surface area contributed by atoms with Gasteiger partial charge < -0.3 is 20.9 Å². The average molecular weight is 402 g/mol. The number of carbonyl (C=O) groups is 1. The Morgan fingerprint density at radius 3 is 2.61 bits per heavy atom. The lowest BCUT2D eigenvalue weighted by Crippen LogP contribution is -2.43. The first-order valence-corrected chi connectivity index (χ1v) is 9.55. The Morgan fingerprint density at radius 1 is 1.21 bits per heavy atom. The summed E-state index contributed by atoms with van der Waals surface area (Å²) in [4.78, 5) is 29.5. The van der Waals surface area contributed by atoms with Gasteiger partial charge in [0, 0.05) is 26.2 Å². The maximum absolute atomic E-state index is 11.8. The lowest BCUT2D eigenvalue weighted by molar-refractivity contribution is 0.0996. The van der Waals surface area contributed by atoms with Gasteiger partial charge in [0.15, 0.2) is 16.7 Å². The van der Waals surface area contributed by atoms with E-state index in [2.05, 4.69) is 37.1 Å². The quantitative estimate of drug-likeness (QED) is 0.780. The lowest BCUT2D eigenvalue weighted by Gasteiger charge is -2.34. The topological polar surface area (TPSA) is 99.7 Å². The van der Waals surface area contributed by atoms with Gasteiger partial charge in [-0.2, -0.15) is 0 Å². The van der Waals surface area contributed by atoms with Gasteiger partial charge in [-0.25, -0.2) is 15.0 Å². The molecule has 9 heteroatoms. The summed E-state index contributed by atoms with van der Waals surface area (Å²) < 4.78 is 0. The minimum Gasteiger partial charge on any atom is -0.364 e. The number of likely N-dealkylation sites (N-methyl/N-ethyl adjacent to an activating group) is 1. The molecule has 0 saturated carbocycles. The third-order valence-corrected chi connectivity index (χ3v) is 4.85. The first kappa shape index (κ1) is 20.0. The molecule has 0 spiro atoms. The first-order valence-electron chi connectivity index (χ1n) is 9.17. The molecule has 0 radical (unpaired) electrons. The van der Waals surface area contributed by atoms with E-state index < -0.39 is 5.91 Å². The first-order chi connectivity index (χ1) is 13.5. The minimum absolute atomic E-state index is 0.0522. The number of aromatic nitrogens is 2. The highest BCUT2D eigenvalue weighted by molar-refractivity contribution is 6.30. The molecule has 1 fully saturated rings. The van der Waals surface area contributed by atoms with Gasteiger partial charge in [0.25, 0.3) is 5.91 Å². The molecule has 8 nitrogen and oxygen atoms in total. The van der Waals surface area contributed by atoms with Crippen LogP contribution >= 0.6 is 11.6 Å². The van der Waals surface area contributed by atoms with Crippen molar-refractivity contribution in [3.63, 3.8) is 0 Å². The number of nitrogens with two attached hydrogens (primary N) is 1. The number of amides is 1. The lowest BCUT2D eigenvalue weighted by atomic mass is 10.2. The van der Waals surface area contributed by atoms with E-state index in [1.807, 2.05) is 31.2 Å². The van der Waals surface area contributed by atoms with Gasteiger partial charge in [-0.1, -0.05) is 30.7 Å². The largest absolute Gasteiger partial charge is 0.364 e. The highest BCUT2D eigenvalue weighted by Crippen LogP contribution is 2.20. The van der Waals surface area contributed by atoms with Crippen LogP contribution in [0.2, 0.25) is 5.15 Å². The SMILES string of the molecule is CCc1nc(C(N)=O)c(NC2=C/C=C/C=C(N3CCN(C)CC3)/N=C\2)nc1Cl. The Balaban J connectivity index is 1.81. The molecular formula is C19H24ClN7O. The molecule has 1 saturated heterocycles. The van der Waals surface area contributed by atoms with Gasteiger partial charge in [0.05, 0.1) is 17.6 Å². The Labute approximate surface area is 169 Å².